The van der Waals surface area contributed by atoms with E-state index in [1.54, 1.807) is 18.2 Å². The minimum absolute atomic E-state index is 0.237. The van der Waals surface area contributed by atoms with Crippen molar-refractivity contribution in [2.75, 3.05) is 0 Å². The standard InChI is InChI=1S/C14H12BrClFN/c15-11-6-3-5-10(14(11)16)13(18)8-9-4-1-2-7-12(9)17/h1-7,13H,8,18H2. The summed E-state index contributed by atoms with van der Waals surface area (Å²) < 4.78 is 14.3. The van der Waals surface area contributed by atoms with Crippen molar-refractivity contribution in [1.82, 2.24) is 0 Å². The smallest absolute Gasteiger partial charge is 0.126 e. The summed E-state index contributed by atoms with van der Waals surface area (Å²) >= 11 is 9.53. The molecule has 2 aromatic carbocycles. The fraction of sp³-hybridized carbons (Fsp3) is 0.143. The van der Waals surface area contributed by atoms with Gasteiger partial charge < -0.3 is 5.73 Å². The normalized spacial score (nSPS) is 12.4. The van der Waals surface area contributed by atoms with Crippen molar-refractivity contribution in [2.24, 2.45) is 5.73 Å². The lowest BCUT2D eigenvalue weighted by atomic mass is 9.99. The molecule has 1 nitrogen and oxygen atoms in total. The van der Waals surface area contributed by atoms with Gasteiger partial charge in [-0.1, -0.05) is 41.9 Å². The van der Waals surface area contributed by atoms with E-state index in [0.29, 0.717) is 17.0 Å². The average molecular weight is 329 g/mol. The van der Waals surface area contributed by atoms with Crippen LogP contribution in [0.15, 0.2) is 46.9 Å². The van der Waals surface area contributed by atoms with Crippen LogP contribution in [-0.2, 0) is 6.42 Å². The van der Waals surface area contributed by atoms with E-state index in [-0.39, 0.29) is 11.9 Å². The zero-order chi connectivity index (χ0) is 13.1. The van der Waals surface area contributed by atoms with Crippen LogP contribution in [0.4, 0.5) is 4.39 Å². The van der Waals surface area contributed by atoms with Crippen molar-refractivity contribution < 1.29 is 4.39 Å². The number of hydrogen-bond acceptors (Lipinski definition) is 1. The Morgan fingerprint density at radius 2 is 1.89 bits per heavy atom. The van der Waals surface area contributed by atoms with E-state index < -0.39 is 0 Å². The molecule has 2 rings (SSSR count). The molecule has 18 heavy (non-hydrogen) atoms. The Morgan fingerprint density at radius 1 is 1.17 bits per heavy atom. The summed E-state index contributed by atoms with van der Waals surface area (Å²) in [4.78, 5) is 0. The first-order valence-corrected chi connectivity index (χ1v) is 6.69. The lowest BCUT2D eigenvalue weighted by molar-refractivity contribution is 0.593. The Labute approximate surface area is 119 Å². The molecule has 1 unspecified atom stereocenters. The van der Waals surface area contributed by atoms with E-state index in [9.17, 15) is 4.39 Å². The van der Waals surface area contributed by atoms with Crippen LogP contribution < -0.4 is 5.73 Å². The largest absolute Gasteiger partial charge is 0.324 e. The fourth-order valence-corrected chi connectivity index (χ4v) is 2.47. The van der Waals surface area contributed by atoms with Crippen LogP contribution in [-0.4, -0.2) is 0 Å². The van der Waals surface area contributed by atoms with E-state index in [2.05, 4.69) is 15.9 Å². The molecule has 1 atom stereocenters. The van der Waals surface area contributed by atoms with E-state index in [1.165, 1.54) is 6.07 Å². The number of benzene rings is 2. The van der Waals surface area contributed by atoms with Crippen LogP contribution in [0.2, 0.25) is 5.02 Å². The molecule has 0 aromatic heterocycles. The number of rotatable bonds is 3. The number of hydrogen-bond donors (Lipinski definition) is 1. The first-order valence-electron chi connectivity index (χ1n) is 5.52. The maximum absolute atomic E-state index is 13.5. The van der Waals surface area contributed by atoms with Crippen molar-refractivity contribution in [3.8, 4) is 0 Å². The van der Waals surface area contributed by atoms with Gasteiger partial charge in [-0.3, -0.25) is 0 Å². The summed E-state index contributed by atoms with van der Waals surface area (Å²) in [6.07, 6.45) is 0.419. The van der Waals surface area contributed by atoms with Crippen molar-refractivity contribution in [3.05, 3.63) is 68.9 Å². The molecule has 0 heterocycles. The summed E-state index contributed by atoms with van der Waals surface area (Å²) in [7, 11) is 0. The highest BCUT2D eigenvalue weighted by Gasteiger charge is 2.14. The second-order valence-electron chi connectivity index (χ2n) is 4.05. The molecular weight excluding hydrogens is 317 g/mol. The molecule has 0 aliphatic heterocycles. The Morgan fingerprint density at radius 3 is 2.61 bits per heavy atom. The molecule has 2 aromatic rings. The van der Waals surface area contributed by atoms with Gasteiger partial charge >= 0.3 is 0 Å². The van der Waals surface area contributed by atoms with Gasteiger partial charge in [0.1, 0.15) is 5.82 Å². The molecule has 0 fully saturated rings. The van der Waals surface area contributed by atoms with Gasteiger partial charge in [0.2, 0.25) is 0 Å². The molecule has 0 amide bonds. The SMILES string of the molecule is NC(Cc1ccccc1F)c1cccc(Br)c1Cl. The van der Waals surface area contributed by atoms with Crippen LogP contribution >= 0.6 is 27.5 Å². The van der Waals surface area contributed by atoms with Crippen molar-refractivity contribution in [1.29, 1.82) is 0 Å². The monoisotopic (exact) mass is 327 g/mol. The van der Waals surface area contributed by atoms with Gasteiger partial charge in [0.05, 0.1) is 5.02 Å². The van der Waals surface area contributed by atoms with E-state index in [1.807, 2.05) is 18.2 Å². The lowest BCUT2D eigenvalue weighted by Gasteiger charge is -2.15. The zero-order valence-corrected chi connectivity index (χ0v) is 11.9. The molecule has 4 heteroatoms. The highest BCUT2D eigenvalue weighted by Crippen LogP contribution is 2.30. The topological polar surface area (TPSA) is 26.0 Å². The minimum atomic E-state index is -0.327. The molecule has 0 aliphatic rings. The highest BCUT2D eigenvalue weighted by atomic mass is 79.9. The van der Waals surface area contributed by atoms with Gasteiger partial charge in [-0.2, -0.15) is 0 Å². The predicted octanol–water partition coefficient (Wildman–Crippen LogP) is 4.48. The molecule has 2 N–H and O–H groups in total. The Bertz CT molecular complexity index is 559. The van der Waals surface area contributed by atoms with Gasteiger partial charge in [-0.15, -0.1) is 0 Å². The maximum atomic E-state index is 13.5. The molecule has 0 bridgehead atoms. The van der Waals surface area contributed by atoms with Gasteiger partial charge in [0.25, 0.3) is 0 Å². The maximum Gasteiger partial charge on any atom is 0.126 e. The van der Waals surface area contributed by atoms with Crippen molar-refractivity contribution in [3.63, 3.8) is 0 Å². The van der Waals surface area contributed by atoms with Crippen LogP contribution in [0.5, 0.6) is 0 Å². The lowest BCUT2D eigenvalue weighted by Crippen LogP contribution is -2.14. The third-order valence-corrected chi connectivity index (χ3v) is 4.09. The summed E-state index contributed by atoms with van der Waals surface area (Å²) in [6, 6.07) is 11.9. The van der Waals surface area contributed by atoms with Crippen molar-refractivity contribution >= 4 is 27.5 Å². The van der Waals surface area contributed by atoms with E-state index in [4.69, 9.17) is 17.3 Å². The third kappa shape index (κ3) is 2.91. The highest BCUT2D eigenvalue weighted by molar-refractivity contribution is 9.10. The van der Waals surface area contributed by atoms with E-state index in [0.717, 1.165) is 10.0 Å². The van der Waals surface area contributed by atoms with Crippen LogP contribution in [0.1, 0.15) is 17.2 Å². The second kappa shape index (κ2) is 5.83. The first kappa shape index (κ1) is 13.5. The third-order valence-electron chi connectivity index (χ3n) is 2.78. The summed E-state index contributed by atoms with van der Waals surface area (Å²) in [5.41, 5.74) is 7.51. The quantitative estimate of drug-likeness (QED) is 0.883. The minimum Gasteiger partial charge on any atom is -0.324 e. The fourth-order valence-electron chi connectivity index (χ4n) is 1.82. The number of nitrogens with two attached hydrogens (primary N) is 1. The van der Waals surface area contributed by atoms with Gasteiger partial charge in [0, 0.05) is 10.5 Å². The van der Waals surface area contributed by atoms with Gasteiger partial charge in [-0.25, -0.2) is 4.39 Å². The molecule has 0 spiro atoms. The van der Waals surface area contributed by atoms with Crippen LogP contribution in [0, 0.1) is 5.82 Å². The first-order chi connectivity index (χ1) is 8.59. The van der Waals surface area contributed by atoms with Gasteiger partial charge in [0.15, 0.2) is 0 Å². The van der Waals surface area contributed by atoms with Crippen LogP contribution in [0.25, 0.3) is 0 Å². The molecule has 94 valence electrons. The Balaban J connectivity index is 2.25. The molecule has 0 radical (unpaired) electrons. The second-order valence-corrected chi connectivity index (χ2v) is 5.28. The van der Waals surface area contributed by atoms with Crippen LogP contribution in [0.3, 0.4) is 0 Å². The van der Waals surface area contributed by atoms with Gasteiger partial charge in [-0.05, 0) is 45.6 Å². The zero-order valence-electron chi connectivity index (χ0n) is 9.54. The Hall–Kier alpha value is -0.900. The molecule has 0 saturated carbocycles. The average Bonchev–Trinajstić information content (AvgIpc) is 2.35. The molecule has 0 aliphatic carbocycles. The molecule has 0 saturated heterocycles. The number of halogens is 3. The molecular formula is C14H12BrClFN. The summed E-state index contributed by atoms with van der Waals surface area (Å²) in [5.74, 6) is -0.237. The van der Waals surface area contributed by atoms with E-state index >= 15 is 0 Å². The van der Waals surface area contributed by atoms with Crippen molar-refractivity contribution in [2.45, 2.75) is 12.5 Å². The Kier molecular flexibility index (Phi) is 4.38. The summed E-state index contributed by atoms with van der Waals surface area (Å²) in [5, 5.41) is 0.585. The summed E-state index contributed by atoms with van der Waals surface area (Å²) in [6.45, 7) is 0. The predicted molar refractivity (Wildman–Crippen MR) is 76.2 cm³/mol.